The summed E-state index contributed by atoms with van der Waals surface area (Å²) in [6.45, 7) is 1.41. The molecule has 3 aromatic carbocycles. The Morgan fingerprint density at radius 2 is 1.54 bits per heavy atom. The molecule has 0 bridgehead atoms. The van der Waals surface area contributed by atoms with E-state index in [-0.39, 0.29) is 11.7 Å². The Hall–Kier alpha value is -3.11. The van der Waals surface area contributed by atoms with Crippen LogP contribution in [0.5, 0.6) is 11.5 Å². The van der Waals surface area contributed by atoms with Crippen LogP contribution in [0.25, 0.3) is 0 Å². The quantitative estimate of drug-likeness (QED) is 0.622. The van der Waals surface area contributed by atoms with Crippen molar-refractivity contribution >= 4 is 29.0 Å². The van der Waals surface area contributed by atoms with Gasteiger partial charge >= 0.3 is 0 Å². The average Bonchev–Trinajstić information content (AvgIpc) is 2.64. The highest BCUT2D eigenvalue weighted by molar-refractivity contribution is 6.31. The van der Waals surface area contributed by atoms with Crippen molar-refractivity contribution in [2.75, 3.05) is 5.32 Å². The van der Waals surface area contributed by atoms with Crippen LogP contribution in [0.2, 0.25) is 5.02 Å². The van der Waals surface area contributed by atoms with Crippen molar-refractivity contribution in [2.45, 2.75) is 6.92 Å². The van der Waals surface area contributed by atoms with Crippen molar-refractivity contribution in [3.8, 4) is 11.5 Å². The Kier molecular flexibility index (Phi) is 5.34. The third kappa shape index (κ3) is 4.29. The minimum Gasteiger partial charge on any atom is -0.455 e. The van der Waals surface area contributed by atoms with E-state index in [1.54, 1.807) is 54.6 Å². The minimum atomic E-state index is -0.221. The van der Waals surface area contributed by atoms with Gasteiger partial charge in [0.15, 0.2) is 11.5 Å². The van der Waals surface area contributed by atoms with Crippen LogP contribution in [0, 0.1) is 0 Å². The summed E-state index contributed by atoms with van der Waals surface area (Å²) in [6, 6.07) is 20.9. The third-order valence-electron chi connectivity index (χ3n) is 3.63. The van der Waals surface area contributed by atoms with Crippen molar-refractivity contribution in [1.29, 1.82) is 0 Å². The summed E-state index contributed by atoms with van der Waals surface area (Å²) in [5.41, 5.74) is 1.68. The number of carbonyl (C=O) groups is 2. The monoisotopic (exact) mass is 365 g/mol. The molecule has 26 heavy (non-hydrogen) atoms. The van der Waals surface area contributed by atoms with Crippen LogP contribution in [0.3, 0.4) is 0 Å². The lowest BCUT2D eigenvalue weighted by Crippen LogP contribution is -2.07. The second-order valence-corrected chi connectivity index (χ2v) is 6.08. The molecule has 3 aromatic rings. The fourth-order valence-electron chi connectivity index (χ4n) is 2.44. The maximum atomic E-state index is 12.4. The first-order valence-electron chi connectivity index (χ1n) is 7.98. The second kappa shape index (κ2) is 7.85. The number of ether oxygens (including phenoxy) is 1. The zero-order valence-electron chi connectivity index (χ0n) is 14.0. The zero-order chi connectivity index (χ0) is 18.5. The van der Waals surface area contributed by atoms with Gasteiger partial charge in [0.25, 0.3) is 0 Å². The number of nitrogens with one attached hydrogen (secondary N) is 1. The number of ketones is 1. The van der Waals surface area contributed by atoms with Crippen LogP contribution in [0.4, 0.5) is 5.69 Å². The molecule has 0 unspecified atom stereocenters. The molecule has 0 aromatic heterocycles. The SMILES string of the molecule is CC(=O)Nc1cc(Cl)ccc1Oc1ccc(C(=O)c2ccccc2)cc1. The molecule has 0 saturated carbocycles. The number of hydrogen-bond acceptors (Lipinski definition) is 3. The van der Waals surface area contributed by atoms with Crippen molar-refractivity contribution < 1.29 is 14.3 Å². The van der Waals surface area contributed by atoms with Gasteiger partial charge in [0.2, 0.25) is 5.91 Å². The zero-order valence-corrected chi connectivity index (χ0v) is 14.8. The normalized spacial score (nSPS) is 10.2. The third-order valence-corrected chi connectivity index (χ3v) is 3.87. The molecule has 0 radical (unpaired) electrons. The first-order valence-corrected chi connectivity index (χ1v) is 8.35. The molecule has 0 aliphatic rings. The van der Waals surface area contributed by atoms with Gasteiger partial charge in [-0.1, -0.05) is 41.9 Å². The lowest BCUT2D eigenvalue weighted by atomic mass is 10.0. The summed E-state index contributed by atoms with van der Waals surface area (Å²) in [6.07, 6.45) is 0. The van der Waals surface area contributed by atoms with Crippen LogP contribution in [-0.4, -0.2) is 11.7 Å². The highest BCUT2D eigenvalue weighted by Crippen LogP contribution is 2.32. The molecule has 1 N–H and O–H groups in total. The van der Waals surface area contributed by atoms with E-state index in [1.807, 2.05) is 18.2 Å². The predicted octanol–water partition coefficient (Wildman–Crippen LogP) is 5.32. The molecule has 0 atom stereocenters. The Balaban J connectivity index is 1.80. The van der Waals surface area contributed by atoms with Crippen LogP contribution in [0.15, 0.2) is 72.8 Å². The maximum Gasteiger partial charge on any atom is 0.221 e. The van der Waals surface area contributed by atoms with Gasteiger partial charge in [-0.05, 0) is 42.5 Å². The molecular weight excluding hydrogens is 350 g/mol. The molecular formula is C21H16ClNO3. The summed E-state index contributed by atoms with van der Waals surface area (Å²) in [4.78, 5) is 23.8. The molecule has 4 nitrogen and oxygen atoms in total. The van der Waals surface area contributed by atoms with E-state index in [2.05, 4.69) is 5.32 Å². The first-order chi connectivity index (χ1) is 12.5. The molecule has 5 heteroatoms. The molecule has 3 rings (SSSR count). The summed E-state index contributed by atoms with van der Waals surface area (Å²) >= 11 is 5.97. The highest BCUT2D eigenvalue weighted by Gasteiger charge is 2.10. The first kappa shape index (κ1) is 17.7. The van der Waals surface area contributed by atoms with Crippen LogP contribution in [0.1, 0.15) is 22.8 Å². The predicted molar refractivity (Wildman–Crippen MR) is 102 cm³/mol. The Morgan fingerprint density at radius 1 is 0.885 bits per heavy atom. The van der Waals surface area contributed by atoms with Gasteiger partial charge in [-0.15, -0.1) is 0 Å². The van der Waals surface area contributed by atoms with Crippen molar-refractivity contribution in [3.63, 3.8) is 0 Å². The largest absolute Gasteiger partial charge is 0.455 e. The van der Waals surface area contributed by atoms with Crippen LogP contribution >= 0.6 is 11.6 Å². The molecule has 0 aliphatic carbocycles. The van der Waals surface area contributed by atoms with Crippen LogP contribution in [-0.2, 0) is 4.79 Å². The summed E-state index contributed by atoms with van der Waals surface area (Å²) in [7, 11) is 0. The maximum absolute atomic E-state index is 12.4. The number of carbonyl (C=O) groups excluding carboxylic acids is 2. The molecule has 0 saturated heterocycles. The summed E-state index contributed by atoms with van der Waals surface area (Å²) < 4.78 is 5.82. The van der Waals surface area contributed by atoms with E-state index >= 15 is 0 Å². The molecule has 0 fully saturated rings. The van der Waals surface area contributed by atoms with Crippen LogP contribution < -0.4 is 10.1 Å². The number of rotatable bonds is 5. The van der Waals surface area contributed by atoms with E-state index < -0.39 is 0 Å². The van der Waals surface area contributed by atoms with E-state index in [0.717, 1.165) is 0 Å². The molecule has 0 aliphatic heterocycles. The molecule has 0 heterocycles. The number of halogens is 1. The van der Waals surface area contributed by atoms with Crippen molar-refractivity contribution in [1.82, 2.24) is 0 Å². The number of amides is 1. The standard InChI is InChI=1S/C21H16ClNO3/c1-14(24)23-19-13-17(22)9-12-20(19)26-18-10-7-16(8-11-18)21(25)15-5-3-2-4-6-15/h2-13H,1H3,(H,23,24). The fourth-order valence-corrected chi connectivity index (χ4v) is 2.61. The van der Waals surface area contributed by atoms with E-state index in [0.29, 0.717) is 33.3 Å². The highest BCUT2D eigenvalue weighted by atomic mass is 35.5. The van der Waals surface area contributed by atoms with Gasteiger partial charge in [-0.25, -0.2) is 0 Å². The van der Waals surface area contributed by atoms with Gasteiger partial charge in [0.1, 0.15) is 5.75 Å². The van der Waals surface area contributed by atoms with E-state index in [9.17, 15) is 9.59 Å². The number of hydrogen-bond donors (Lipinski definition) is 1. The smallest absolute Gasteiger partial charge is 0.221 e. The summed E-state index contributed by atoms with van der Waals surface area (Å²) in [5.74, 6) is 0.735. The van der Waals surface area contributed by atoms with Gasteiger partial charge in [-0.2, -0.15) is 0 Å². The van der Waals surface area contributed by atoms with E-state index in [1.165, 1.54) is 6.92 Å². The van der Waals surface area contributed by atoms with Gasteiger partial charge in [0.05, 0.1) is 5.69 Å². The van der Waals surface area contributed by atoms with Gasteiger partial charge < -0.3 is 10.1 Å². The number of anilines is 1. The lowest BCUT2D eigenvalue weighted by molar-refractivity contribution is -0.114. The summed E-state index contributed by atoms with van der Waals surface area (Å²) in [5, 5.41) is 3.17. The molecule has 0 spiro atoms. The van der Waals surface area contributed by atoms with Crippen molar-refractivity contribution in [2.24, 2.45) is 0 Å². The van der Waals surface area contributed by atoms with E-state index in [4.69, 9.17) is 16.3 Å². The fraction of sp³-hybridized carbons (Fsp3) is 0.0476. The Bertz CT molecular complexity index is 937. The van der Waals surface area contributed by atoms with Crippen molar-refractivity contribution in [3.05, 3.63) is 88.9 Å². The molecule has 1 amide bonds. The van der Waals surface area contributed by atoms with Gasteiger partial charge in [-0.3, -0.25) is 9.59 Å². The molecule has 130 valence electrons. The average molecular weight is 366 g/mol. The Labute approximate surface area is 156 Å². The lowest BCUT2D eigenvalue weighted by Gasteiger charge is -2.12. The topological polar surface area (TPSA) is 55.4 Å². The second-order valence-electron chi connectivity index (χ2n) is 5.64. The minimum absolute atomic E-state index is 0.0532. The Morgan fingerprint density at radius 3 is 2.19 bits per heavy atom. The van der Waals surface area contributed by atoms with Gasteiger partial charge in [0, 0.05) is 23.1 Å². The number of benzene rings is 3.